The maximum absolute atomic E-state index is 12.2. The van der Waals surface area contributed by atoms with Crippen molar-refractivity contribution in [2.24, 2.45) is 17.3 Å². The van der Waals surface area contributed by atoms with Crippen LogP contribution in [0.2, 0.25) is 0 Å². The summed E-state index contributed by atoms with van der Waals surface area (Å²) in [6, 6.07) is 9.79. The fraction of sp³-hybridized carbons (Fsp3) is 0.562. The zero-order valence-corrected chi connectivity index (χ0v) is 12.1. The van der Waals surface area contributed by atoms with Gasteiger partial charge in [-0.1, -0.05) is 65.0 Å². The van der Waals surface area contributed by atoms with Crippen LogP contribution in [0.15, 0.2) is 30.3 Å². The van der Waals surface area contributed by atoms with E-state index in [-0.39, 0.29) is 23.2 Å². The Hall–Kier alpha value is -1.31. The van der Waals surface area contributed by atoms with Gasteiger partial charge in [-0.2, -0.15) is 0 Å². The molecule has 0 aromatic heterocycles. The van der Waals surface area contributed by atoms with E-state index in [9.17, 15) is 4.79 Å². The highest BCUT2D eigenvalue weighted by Gasteiger charge is 2.35. The van der Waals surface area contributed by atoms with E-state index >= 15 is 0 Å². The molecule has 0 heterocycles. The molecule has 0 bridgehead atoms. The van der Waals surface area contributed by atoms with Crippen LogP contribution in [0.5, 0.6) is 0 Å². The van der Waals surface area contributed by atoms with Gasteiger partial charge < -0.3 is 4.74 Å². The number of rotatable bonds is 4. The Labute approximate surface area is 110 Å². The molecule has 0 aliphatic heterocycles. The van der Waals surface area contributed by atoms with Gasteiger partial charge in [0.2, 0.25) is 0 Å². The number of ether oxygens (including phenoxy) is 1. The second-order valence-electron chi connectivity index (χ2n) is 6.18. The van der Waals surface area contributed by atoms with Crippen LogP contribution >= 0.6 is 0 Å². The van der Waals surface area contributed by atoms with Gasteiger partial charge in [-0.05, 0) is 16.9 Å². The SMILES string of the molecule is CC(C)C(C(=O)OCc1ccccc1)C(C)(C)C. The summed E-state index contributed by atoms with van der Waals surface area (Å²) in [4.78, 5) is 12.2. The van der Waals surface area contributed by atoms with Gasteiger partial charge in [0.15, 0.2) is 0 Å². The fourth-order valence-electron chi connectivity index (χ4n) is 2.44. The predicted molar refractivity (Wildman–Crippen MR) is 74.0 cm³/mol. The highest BCUT2D eigenvalue weighted by Crippen LogP contribution is 2.33. The van der Waals surface area contributed by atoms with E-state index < -0.39 is 0 Å². The Kier molecular flexibility index (Phi) is 4.94. The third-order valence-corrected chi connectivity index (χ3v) is 3.08. The fourth-order valence-corrected chi connectivity index (χ4v) is 2.44. The van der Waals surface area contributed by atoms with E-state index in [1.807, 2.05) is 30.3 Å². The van der Waals surface area contributed by atoms with Crippen molar-refractivity contribution in [3.63, 3.8) is 0 Å². The highest BCUT2D eigenvalue weighted by atomic mass is 16.5. The summed E-state index contributed by atoms with van der Waals surface area (Å²) in [5.41, 5.74) is 0.962. The number of hydrogen-bond donors (Lipinski definition) is 0. The summed E-state index contributed by atoms with van der Waals surface area (Å²) in [7, 11) is 0. The topological polar surface area (TPSA) is 26.3 Å². The van der Waals surface area contributed by atoms with Crippen molar-refractivity contribution in [1.29, 1.82) is 0 Å². The average molecular weight is 248 g/mol. The predicted octanol–water partition coefficient (Wildman–Crippen LogP) is 4.05. The maximum Gasteiger partial charge on any atom is 0.310 e. The third kappa shape index (κ3) is 4.17. The summed E-state index contributed by atoms with van der Waals surface area (Å²) in [6.45, 7) is 10.8. The van der Waals surface area contributed by atoms with Crippen molar-refractivity contribution in [2.45, 2.75) is 41.2 Å². The Morgan fingerprint density at radius 1 is 1.17 bits per heavy atom. The van der Waals surface area contributed by atoms with Crippen LogP contribution in [-0.2, 0) is 16.1 Å². The first-order chi connectivity index (χ1) is 8.32. The van der Waals surface area contributed by atoms with E-state index in [1.165, 1.54) is 0 Å². The van der Waals surface area contributed by atoms with Crippen molar-refractivity contribution in [2.75, 3.05) is 0 Å². The molecule has 2 nitrogen and oxygen atoms in total. The molecular formula is C16H24O2. The lowest BCUT2D eigenvalue weighted by Gasteiger charge is -2.31. The number of benzene rings is 1. The first-order valence-corrected chi connectivity index (χ1v) is 6.53. The molecule has 0 saturated carbocycles. The van der Waals surface area contributed by atoms with Gasteiger partial charge in [0.05, 0.1) is 5.92 Å². The normalized spacial score (nSPS) is 13.4. The molecule has 1 aromatic rings. The molecule has 0 radical (unpaired) electrons. The van der Waals surface area contributed by atoms with Crippen molar-refractivity contribution in [3.05, 3.63) is 35.9 Å². The van der Waals surface area contributed by atoms with E-state index in [0.717, 1.165) is 5.56 Å². The second-order valence-corrected chi connectivity index (χ2v) is 6.18. The van der Waals surface area contributed by atoms with E-state index in [2.05, 4.69) is 34.6 Å². The van der Waals surface area contributed by atoms with E-state index in [4.69, 9.17) is 4.74 Å². The van der Waals surface area contributed by atoms with Crippen molar-refractivity contribution < 1.29 is 9.53 Å². The minimum Gasteiger partial charge on any atom is -0.461 e. The molecular weight excluding hydrogens is 224 g/mol. The summed E-state index contributed by atoms with van der Waals surface area (Å²) < 4.78 is 5.44. The smallest absolute Gasteiger partial charge is 0.310 e. The van der Waals surface area contributed by atoms with Crippen LogP contribution in [0.1, 0.15) is 40.2 Å². The zero-order chi connectivity index (χ0) is 13.8. The number of hydrogen-bond acceptors (Lipinski definition) is 2. The van der Waals surface area contributed by atoms with Crippen LogP contribution in [0, 0.1) is 17.3 Å². The minimum atomic E-state index is -0.0960. The molecule has 18 heavy (non-hydrogen) atoms. The molecule has 0 amide bonds. The van der Waals surface area contributed by atoms with Gasteiger partial charge in [0.25, 0.3) is 0 Å². The number of carbonyl (C=O) groups excluding carboxylic acids is 1. The second kappa shape index (κ2) is 6.03. The lowest BCUT2D eigenvalue weighted by atomic mass is 9.74. The van der Waals surface area contributed by atoms with Crippen molar-refractivity contribution in [1.82, 2.24) is 0 Å². The summed E-state index contributed by atoms with van der Waals surface area (Å²) in [5.74, 6) is 0.121. The van der Waals surface area contributed by atoms with Crippen molar-refractivity contribution in [3.8, 4) is 0 Å². The monoisotopic (exact) mass is 248 g/mol. The Morgan fingerprint density at radius 2 is 1.72 bits per heavy atom. The summed E-state index contributed by atoms with van der Waals surface area (Å²) >= 11 is 0. The molecule has 1 atom stereocenters. The Bertz CT molecular complexity index is 374. The van der Waals surface area contributed by atoms with Gasteiger partial charge in [-0.15, -0.1) is 0 Å². The first-order valence-electron chi connectivity index (χ1n) is 6.53. The first kappa shape index (κ1) is 14.7. The highest BCUT2D eigenvalue weighted by molar-refractivity contribution is 5.73. The van der Waals surface area contributed by atoms with E-state index in [1.54, 1.807) is 0 Å². The van der Waals surface area contributed by atoms with Crippen LogP contribution in [0.25, 0.3) is 0 Å². The van der Waals surface area contributed by atoms with Crippen LogP contribution in [-0.4, -0.2) is 5.97 Å². The maximum atomic E-state index is 12.2. The Balaban J connectivity index is 2.64. The molecule has 1 aromatic carbocycles. The lowest BCUT2D eigenvalue weighted by Crippen LogP contribution is -2.34. The van der Waals surface area contributed by atoms with Crippen LogP contribution in [0.3, 0.4) is 0 Å². The van der Waals surface area contributed by atoms with Gasteiger partial charge in [-0.3, -0.25) is 4.79 Å². The molecule has 0 N–H and O–H groups in total. The number of carbonyl (C=O) groups is 1. The largest absolute Gasteiger partial charge is 0.461 e. The van der Waals surface area contributed by atoms with E-state index in [0.29, 0.717) is 6.61 Å². The average Bonchev–Trinajstić information content (AvgIpc) is 2.25. The quantitative estimate of drug-likeness (QED) is 0.751. The van der Waals surface area contributed by atoms with Crippen molar-refractivity contribution >= 4 is 5.97 Å². The molecule has 0 aliphatic rings. The molecule has 2 heteroatoms. The van der Waals surface area contributed by atoms with Crippen LogP contribution < -0.4 is 0 Å². The zero-order valence-electron chi connectivity index (χ0n) is 12.1. The van der Waals surface area contributed by atoms with Crippen LogP contribution in [0.4, 0.5) is 0 Å². The lowest BCUT2D eigenvalue weighted by molar-refractivity contribution is -0.156. The number of esters is 1. The summed E-state index contributed by atoms with van der Waals surface area (Å²) in [6.07, 6.45) is 0. The molecule has 0 fully saturated rings. The standard InChI is InChI=1S/C16H24O2/c1-12(2)14(16(3,4)5)15(17)18-11-13-9-7-6-8-10-13/h6-10,12,14H,11H2,1-5H3. The molecule has 0 spiro atoms. The van der Waals surface area contributed by atoms with Gasteiger partial charge in [-0.25, -0.2) is 0 Å². The third-order valence-electron chi connectivity index (χ3n) is 3.08. The minimum absolute atomic E-state index is 0.0675. The molecule has 0 aliphatic carbocycles. The molecule has 0 saturated heterocycles. The molecule has 100 valence electrons. The van der Waals surface area contributed by atoms with Gasteiger partial charge >= 0.3 is 5.97 Å². The van der Waals surface area contributed by atoms with Gasteiger partial charge in [0.1, 0.15) is 6.61 Å². The molecule has 1 unspecified atom stereocenters. The van der Waals surface area contributed by atoms with Gasteiger partial charge in [0, 0.05) is 0 Å². The Morgan fingerprint density at radius 3 is 2.17 bits per heavy atom. The summed E-state index contributed by atoms with van der Waals surface area (Å²) in [5, 5.41) is 0. The molecule has 1 rings (SSSR count).